The monoisotopic (exact) mass is 472 g/mol. The van der Waals surface area contributed by atoms with E-state index in [0.717, 1.165) is 10.0 Å². The molecule has 5 nitrogen and oxygen atoms in total. The molecule has 2 amide bonds. The van der Waals surface area contributed by atoms with Gasteiger partial charge in [0, 0.05) is 27.0 Å². The average molecular weight is 474 g/mol. The van der Waals surface area contributed by atoms with Crippen LogP contribution in [0.3, 0.4) is 0 Å². The SMILES string of the molecule is CC(C)(C)N(C[C@@H](Cc1ccc(Cl)cc1)NC(=O)c1cc(Br)cs1)C(=O)O. The first-order valence-corrected chi connectivity index (χ1v) is 10.4. The molecule has 2 aromatic rings. The van der Waals surface area contributed by atoms with Gasteiger partial charge in [0.1, 0.15) is 0 Å². The fourth-order valence-corrected chi connectivity index (χ4v) is 4.07. The lowest BCUT2D eigenvalue weighted by Crippen LogP contribution is -2.53. The van der Waals surface area contributed by atoms with Crippen LogP contribution in [-0.4, -0.2) is 40.1 Å². The predicted octanol–water partition coefficient (Wildman–Crippen LogP) is 5.28. The Morgan fingerprint density at radius 1 is 1.30 bits per heavy atom. The first-order chi connectivity index (χ1) is 12.6. The van der Waals surface area contributed by atoms with Gasteiger partial charge >= 0.3 is 6.09 Å². The normalized spacial score (nSPS) is 12.5. The van der Waals surface area contributed by atoms with Crippen molar-refractivity contribution in [2.75, 3.05) is 6.54 Å². The van der Waals surface area contributed by atoms with Gasteiger partial charge in [0.2, 0.25) is 0 Å². The van der Waals surface area contributed by atoms with Gasteiger partial charge < -0.3 is 15.3 Å². The summed E-state index contributed by atoms with van der Waals surface area (Å²) in [6, 6.07) is 8.69. The maximum Gasteiger partial charge on any atom is 0.407 e. The van der Waals surface area contributed by atoms with Crippen molar-refractivity contribution in [3.63, 3.8) is 0 Å². The molecule has 0 saturated carbocycles. The largest absolute Gasteiger partial charge is 0.465 e. The number of benzene rings is 1. The van der Waals surface area contributed by atoms with Gasteiger partial charge in [-0.05, 0) is 66.9 Å². The van der Waals surface area contributed by atoms with Crippen molar-refractivity contribution < 1.29 is 14.7 Å². The van der Waals surface area contributed by atoms with E-state index in [0.29, 0.717) is 16.3 Å². The molecule has 0 aliphatic heterocycles. The first kappa shape index (κ1) is 21.7. The quantitative estimate of drug-likeness (QED) is 0.599. The lowest BCUT2D eigenvalue weighted by Gasteiger charge is -2.36. The Labute approximate surface area is 176 Å². The van der Waals surface area contributed by atoms with Crippen molar-refractivity contribution in [3.8, 4) is 0 Å². The molecule has 0 fully saturated rings. The van der Waals surface area contributed by atoms with E-state index in [1.54, 1.807) is 18.2 Å². The van der Waals surface area contributed by atoms with E-state index in [1.807, 2.05) is 38.3 Å². The zero-order valence-electron chi connectivity index (χ0n) is 15.3. The van der Waals surface area contributed by atoms with E-state index in [4.69, 9.17) is 11.6 Å². The fourth-order valence-electron chi connectivity index (χ4n) is 2.61. The van der Waals surface area contributed by atoms with Crippen LogP contribution < -0.4 is 5.32 Å². The summed E-state index contributed by atoms with van der Waals surface area (Å²) in [5.41, 5.74) is 0.386. The van der Waals surface area contributed by atoms with Gasteiger partial charge in [-0.15, -0.1) is 11.3 Å². The van der Waals surface area contributed by atoms with Crippen molar-refractivity contribution >= 4 is 50.9 Å². The minimum atomic E-state index is -1.02. The van der Waals surface area contributed by atoms with E-state index in [2.05, 4.69) is 21.2 Å². The number of carboxylic acid groups (broad SMARTS) is 1. The van der Waals surface area contributed by atoms with Crippen molar-refractivity contribution in [2.24, 2.45) is 0 Å². The summed E-state index contributed by atoms with van der Waals surface area (Å²) in [4.78, 5) is 26.3. The van der Waals surface area contributed by atoms with E-state index >= 15 is 0 Å². The second kappa shape index (κ2) is 9.08. The van der Waals surface area contributed by atoms with Gasteiger partial charge in [0.05, 0.1) is 10.9 Å². The van der Waals surface area contributed by atoms with Crippen molar-refractivity contribution in [1.82, 2.24) is 10.2 Å². The Bertz CT molecular complexity index is 802. The van der Waals surface area contributed by atoms with Crippen molar-refractivity contribution in [2.45, 2.75) is 38.8 Å². The molecule has 2 N–H and O–H groups in total. The predicted molar refractivity (Wildman–Crippen MR) is 113 cm³/mol. The van der Waals surface area contributed by atoms with E-state index in [1.165, 1.54) is 16.2 Å². The van der Waals surface area contributed by atoms with Crippen LogP contribution in [0.1, 0.15) is 36.0 Å². The standard InChI is InChI=1S/C19H22BrClN2O3S/c1-19(2,3)23(18(25)26)10-15(8-12-4-6-14(21)7-5-12)22-17(24)16-9-13(20)11-27-16/h4-7,9,11,15H,8,10H2,1-3H3,(H,22,24)(H,25,26)/t15-/m1/s1. The summed E-state index contributed by atoms with van der Waals surface area (Å²) in [5.74, 6) is -0.219. The highest BCUT2D eigenvalue weighted by Crippen LogP contribution is 2.21. The van der Waals surface area contributed by atoms with E-state index in [-0.39, 0.29) is 18.5 Å². The maximum absolute atomic E-state index is 12.6. The van der Waals surface area contributed by atoms with Crippen LogP contribution in [0.2, 0.25) is 5.02 Å². The summed E-state index contributed by atoms with van der Waals surface area (Å²) in [5, 5.41) is 15.1. The van der Waals surface area contributed by atoms with Gasteiger partial charge in [-0.1, -0.05) is 23.7 Å². The number of hydrogen-bond acceptors (Lipinski definition) is 3. The Balaban J connectivity index is 2.22. The maximum atomic E-state index is 12.6. The number of nitrogens with zero attached hydrogens (tertiary/aromatic N) is 1. The smallest absolute Gasteiger partial charge is 0.407 e. The molecule has 1 aromatic carbocycles. The van der Waals surface area contributed by atoms with Crippen LogP contribution in [0.15, 0.2) is 40.2 Å². The number of rotatable bonds is 6. The van der Waals surface area contributed by atoms with Gasteiger partial charge in [-0.2, -0.15) is 0 Å². The molecule has 27 heavy (non-hydrogen) atoms. The van der Waals surface area contributed by atoms with E-state index in [9.17, 15) is 14.7 Å². The highest BCUT2D eigenvalue weighted by Gasteiger charge is 2.29. The summed E-state index contributed by atoms with van der Waals surface area (Å²) >= 11 is 10.6. The molecule has 0 bridgehead atoms. The highest BCUT2D eigenvalue weighted by molar-refractivity contribution is 9.10. The zero-order valence-corrected chi connectivity index (χ0v) is 18.5. The summed E-state index contributed by atoms with van der Waals surface area (Å²) in [6.07, 6.45) is -0.522. The number of amides is 2. The Morgan fingerprint density at radius 3 is 2.41 bits per heavy atom. The topological polar surface area (TPSA) is 69.6 Å². The fraction of sp³-hybridized carbons (Fsp3) is 0.368. The zero-order chi connectivity index (χ0) is 20.2. The third kappa shape index (κ3) is 6.52. The minimum absolute atomic E-state index is 0.180. The van der Waals surface area contributed by atoms with E-state index < -0.39 is 11.6 Å². The minimum Gasteiger partial charge on any atom is -0.465 e. The molecule has 8 heteroatoms. The molecule has 1 aromatic heterocycles. The lowest BCUT2D eigenvalue weighted by molar-refractivity contribution is 0.0824. The van der Waals surface area contributed by atoms with Crippen LogP contribution in [0.5, 0.6) is 0 Å². The van der Waals surface area contributed by atoms with Crippen LogP contribution in [0.4, 0.5) is 4.79 Å². The summed E-state index contributed by atoms with van der Waals surface area (Å²) < 4.78 is 0.841. The molecule has 0 radical (unpaired) electrons. The van der Waals surface area contributed by atoms with Crippen LogP contribution in [0.25, 0.3) is 0 Å². The van der Waals surface area contributed by atoms with Crippen LogP contribution in [-0.2, 0) is 6.42 Å². The summed E-state index contributed by atoms with van der Waals surface area (Å²) in [6.45, 7) is 5.68. The molecule has 146 valence electrons. The lowest BCUT2D eigenvalue weighted by atomic mass is 10.0. The highest BCUT2D eigenvalue weighted by atomic mass is 79.9. The number of carbonyl (C=O) groups is 2. The molecule has 0 aliphatic carbocycles. The van der Waals surface area contributed by atoms with Gasteiger partial charge in [-0.25, -0.2) is 4.79 Å². The molecular weight excluding hydrogens is 452 g/mol. The van der Waals surface area contributed by atoms with Gasteiger partial charge in [-0.3, -0.25) is 4.79 Å². The molecule has 0 aliphatic rings. The number of hydrogen-bond donors (Lipinski definition) is 2. The first-order valence-electron chi connectivity index (χ1n) is 8.36. The number of halogens is 2. The summed E-state index contributed by atoms with van der Waals surface area (Å²) in [7, 11) is 0. The molecule has 1 heterocycles. The van der Waals surface area contributed by atoms with Gasteiger partial charge in [0.25, 0.3) is 5.91 Å². The average Bonchev–Trinajstić information content (AvgIpc) is 2.99. The third-order valence-corrected chi connectivity index (χ3v) is 5.91. The molecule has 0 saturated heterocycles. The van der Waals surface area contributed by atoms with Crippen molar-refractivity contribution in [1.29, 1.82) is 0 Å². The molecular formula is C19H22BrClN2O3S. The van der Waals surface area contributed by atoms with Gasteiger partial charge in [0.15, 0.2) is 0 Å². The second-order valence-corrected chi connectivity index (χ2v) is 9.46. The second-order valence-electron chi connectivity index (χ2n) is 7.19. The van der Waals surface area contributed by atoms with Crippen molar-refractivity contribution in [3.05, 3.63) is 55.6 Å². The third-order valence-electron chi connectivity index (χ3n) is 3.97. The molecule has 1 atom stereocenters. The van der Waals surface area contributed by atoms with Crippen LogP contribution in [0, 0.1) is 0 Å². The molecule has 2 rings (SSSR count). The molecule has 0 unspecified atom stereocenters. The Morgan fingerprint density at radius 2 is 1.93 bits per heavy atom. The number of nitrogens with one attached hydrogen (secondary N) is 1. The Kier molecular flexibility index (Phi) is 7.31. The molecule has 0 spiro atoms. The number of thiophene rings is 1. The van der Waals surface area contributed by atoms with Crippen LogP contribution >= 0.6 is 38.9 Å². The number of carbonyl (C=O) groups excluding carboxylic acids is 1. The Hall–Kier alpha value is -1.57.